The van der Waals surface area contributed by atoms with Crippen LogP contribution in [0.3, 0.4) is 0 Å². The van der Waals surface area contributed by atoms with E-state index >= 15 is 0 Å². The van der Waals surface area contributed by atoms with E-state index in [-0.39, 0.29) is 5.41 Å². The Balaban J connectivity index is 1.86. The van der Waals surface area contributed by atoms with Crippen LogP contribution in [0.5, 0.6) is 0 Å². The van der Waals surface area contributed by atoms with E-state index in [0.29, 0.717) is 24.1 Å². The van der Waals surface area contributed by atoms with E-state index in [2.05, 4.69) is 51.0 Å². The number of nitrogens with zero attached hydrogens (tertiary/aromatic N) is 1. The minimum atomic E-state index is 0.200. The van der Waals surface area contributed by atoms with Crippen molar-refractivity contribution >= 4 is 0 Å². The van der Waals surface area contributed by atoms with Gasteiger partial charge in [-0.15, -0.1) is 0 Å². The molecule has 1 aromatic rings. The molecule has 0 radical (unpaired) electrons. The van der Waals surface area contributed by atoms with E-state index in [9.17, 15) is 0 Å². The van der Waals surface area contributed by atoms with Gasteiger partial charge in [-0.3, -0.25) is 4.98 Å². The number of pyridine rings is 1. The zero-order valence-corrected chi connectivity index (χ0v) is 13.4. The van der Waals surface area contributed by atoms with Gasteiger partial charge in [0.25, 0.3) is 0 Å². The summed E-state index contributed by atoms with van der Waals surface area (Å²) < 4.78 is 6.02. The van der Waals surface area contributed by atoms with Gasteiger partial charge >= 0.3 is 0 Å². The first-order valence-electron chi connectivity index (χ1n) is 7.68. The third kappa shape index (κ3) is 3.39. The molecule has 1 aromatic heterocycles. The molecule has 0 aromatic carbocycles. The lowest BCUT2D eigenvalue weighted by atomic mass is 9.64. The first kappa shape index (κ1) is 15.5. The van der Waals surface area contributed by atoms with Gasteiger partial charge < -0.3 is 10.1 Å². The van der Waals surface area contributed by atoms with Crippen LogP contribution in [0.2, 0.25) is 0 Å². The maximum atomic E-state index is 6.02. The van der Waals surface area contributed by atoms with Crippen molar-refractivity contribution in [3.63, 3.8) is 0 Å². The minimum absolute atomic E-state index is 0.200. The summed E-state index contributed by atoms with van der Waals surface area (Å²) in [6.07, 6.45) is 5.24. The highest BCUT2D eigenvalue weighted by atomic mass is 16.5. The van der Waals surface area contributed by atoms with Gasteiger partial charge in [0.1, 0.15) is 0 Å². The summed E-state index contributed by atoms with van der Waals surface area (Å²) >= 11 is 0. The molecule has 3 heteroatoms. The highest BCUT2D eigenvalue weighted by Crippen LogP contribution is 2.43. The topological polar surface area (TPSA) is 34.1 Å². The van der Waals surface area contributed by atoms with E-state index in [4.69, 9.17) is 4.74 Å². The molecule has 0 aliphatic heterocycles. The third-order valence-electron chi connectivity index (χ3n) is 4.44. The summed E-state index contributed by atoms with van der Waals surface area (Å²) in [4.78, 5) is 4.19. The van der Waals surface area contributed by atoms with Gasteiger partial charge in [-0.05, 0) is 30.9 Å². The largest absolute Gasteiger partial charge is 0.377 e. The van der Waals surface area contributed by atoms with Crippen LogP contribution in [0.15, 0.2) is 24.5 Å². The lowest BCUT2D eigenvalue weighted by Gasteiger charge is -2.53. The van der Waals surface area contributed by atoms with Crippen molar-refractivity contribution in [1.82, 2.24) is 10.3 Å². The number of aromatic nitrogens is 1. The van der Waals surface area contributed by atoms with Crippen LogP contribution in [-0.4, -0.2) is 23.7 Å². The van der Waals surface area contributed by atoms with Crippen LogP contribution in [0, 0.1) is 11.3 Å². The maximum absolute atomic E-state index is 6.02. The summed E-state index contributed by atoms with van der Waals surface area (Å²) in [5.74, 6) is 0.604. The molecule has 20 heavy (non-hydrogen) atoms. The number of rotatable bonds is 6. The van der Waals surface area contributed by atoms with Crippen molar-refractivity contribution in [2.24, 2.45) is 11.3 Å². The third-order valence-corrected chi connectivity index (χ3v) is 4.44. The van der Waals surface area contributed by atoms with Crippen molar-refractivity contribution in [3.05, 3.63) is 30.1 Å². The molecule has 0 bridgehead atoms. The second kappa shape index (κ2) is 6.23. The van der Waals surface area contributed by atoms with E-state index in [1.807, 2.05) is 18.5 Å². The predicted octanol–water partition coefficient (Wildman–Crippen LogP) is 3.57. The van der Waals surface area contributed by atoms with Gasteiger partial charge in [0.15, 0.2) is 0 Å². The Bertz CT molecular complexity index is 416. The Morgan fingerprint density at radius 3 is 2.70 bits per heavy atom. The standard InChI is InChI=1S/C17H28N2O/c1-12(2)11-20-16-9-15(17(16,4)5)19-13(3)14-7-6-8-18-10-14/h6-8,10,12-13,15-16,19H,9,11H2,1-5H3/t13-,15?,16?/m0/s1. The van der Waals surface area contributed by atoms with Gasteiger partial charge in [0.05, 0.1) is 6.10 Å². The normalized spacial score (nSPS) is 26.3. The zero-order chi connectivity index (χ0) is 14.8. The van der Waals surface area contributed by atoms with Gasteiger partial charge in [0, 0.05) is 36.5 Å². The van der Waals surface area contributed by atoms with Crippen LogP contribution in [0.25, 0.3) is 0 Å². The quantitative estimate of drug-likeness (QED) is 0.862. The fourth-order valence-corrected chi connectivity index (χ4v) is 2.79. The SMILES string of the molecule is CC(C)COC1CC(N[C@@H](C)c2cccnc2)C1(C)C. The zero-order valence-electron chi connectivity index (χ0n) is 13.4. The molecule has 3 atom stereocenters. The average molecular weight is 276 g/mol. The molecule has 1 heterocycles. The Kier molecular flexibility index (Phi) is 4.82. The fourth-order valence-electron chi connectivity index (χ4n) is 2.79. The molecule has 2 rings (SSSR count). The molecule has 1 aliphatic carbocycles. The predicted molar refractivity (Wildman–Crippen MR) is 82.6 cm³/mol. The molecule has 0 amide bonds. The summed E-state index contributed by atoms with van der Waals surface area (Å²) in [5.41, 5.74) is 1.44. The maximum Gasteiger partial charge on any atom is 0.0656 e. The number of hydrogen-bond acceptors (Lipinski definition) is 3. The van der Waals surface area contributed by atoms with E-state index in [1.54, 1.807) is 0 Å². The first-order valence-corrected chi connectivity index (χ1v) is 7.68. The Labute approximate surface area is 123 Å². The second-order valence-electron chi connectivity index (χ2n) is 7.00. The fraction of sp³-hybridized carbons (Fsp3) is 0.706. The van der Waals surface area contributed by atoms with Crippen molar-refractivity contribution in [3.8, 4) is 0 Å². The van der Waals surface area contributed by atoms with Gasteiger partial charge in [-0.25, -0.2) is 0 Å². The molecule has 1 aliphatic rings. The van der Waals surface area contributed by atoms with E-state index in [1.165, 1.54) is 5.56 Å². The van der Waals surface area contributed by atoms with Crippen molar-refractivity contribution in [2.45, 2.75) is 59.2 Å². The minimum Gasteiger partial charge on any atom is -0.377 e. The monoisotopic (exact) mass is 276 g/mol. The van der Waals surface area contributed by atoms with Crippen LogP contribution in [0.4, 0.5) is 0 Å². The lowest BCUT2D eigenvalue weighted by molar-refractivity contribution is -0.125. The summed E-state index contributed by atoms with van der Waals surface area (Å²) in [6, 6.07) is 4.96. The second-order valence-corrected chi connectivity index (χ2v) is 7.00. The van der Waals surface area contributed by atoms with Gasteiger partial charge in [-0.1, -0.05) is 33.8 Å². The molecular formula is C17H28N2O. The molecular weight excluding hydrogens is 248 g/mol. The van der Waals surface area contributed by atoms with Crippen LogP contribution < -0.4 is 5.32 Å². The molecule has 112 valence electrons. The highest BCUT2D eigenvalue weighted by Gasteiger charge is 2.49. The highest BCUT2D eigenvalue weighted by molar-refractivity contribution is 5.14. The molecule has 1 saturated carbocycles. The first-order chi connectivity index (χ1) is 9.41. The van der Waals surface area contributed by atoms with Gasteiger partial charge in [-0.2, -0.15) is 0 Å². The molecule has 2 unspecified atom stereocenters. The number of ether oxygens (including phenoxy) is 1. The summed E-state index contributed by atoms with van der Waals surface area (Å²) in [5, 5.41) is 3.72. The van der Waals surface area contributed by atoms with Crippen LogP contribution >= 0.6 is 0 Å². The lowest BCUT2D eigenvalue weighted by Crippen LogP contribution is -2.61. The van der Waals surface area contributed by atoms with Crippen molar-refractivity contribution in [1.29, 1.82) is 0 Å². The van der Waals surface area contributed by atoms with Crippen LogP contribution in [-0.2, 0) is 4.74 Å². The Morgan fingerprint density at radius 2 is 2.15 bits per heavy atom. The van der Waals surface area contributed by atoms with Gasteiger partial charge in [0.2, 0.25) is 0 Å². The molecule has 3 nitrogen and oxygen atoms in total. The molecule has 0 spiro atoms. The number of nitrogens with one attached hydrogen (secondary N) is 1. The summed E-state index contributed by atoms with van der Waals surface area (Å²) in [7, 11) is 0. The van der Waals surface area contributed by atoms with Crippen molar-refractivity contribution in [2.75, 3.05) is 6.61 Å². The molecule has 1 fully saturated rings. The smallest absolute Gasteiger partial charge is 0.0656 e. The number of hydrogen-bond donors (Lipinski definition) is 1. The Morgan fingerprint density at radius 1 is 1.40 bits per heavy atom. The summed E-state index contributed by atoms with van der Waals surface area (Å²) in [6.45, 7) is 12.1. The Hall–Kier alpha value is -0.930. The van der Waals surface area contributed by atoms with E-state index < -0.39 is 0 Å². The van der Waals surface area contributed by atoms with Crippen molar-refractivity contribution < 1.29 is 4.74 Å². The van der Waals surface area contributed by atoms with Crippen LogP contribution in [0.1, 0.15) is 52.6 Å². The molecule has 1 N–H and O–H groups in total. The molecule has 0 saturated heterocycles. The average Bonchev–Trinajstić information content (AvgIpc) is 2.42. The van der Waals surface area contributed by atoms with E-state index in [0.717, 1.165) is 13.0 Å².